The maximum Gasteiger partial charge on any atom is 0.411 e. The van der Waals surface area contributed by atoms with Gasteiger partial charge in [-0.25, -0.2) is 4.98 Å². The van der Waals surface area contributed by atoms with Gasteiger partial charge in [0.1, 0.15) is 0 Å². The number of para-hydroxylation sites is 1. The number of alkyl halides is 2. The van der Waals surface area contributed by atoms with E-state index in [1.165, 1.54) is 12.1 Å². The largest absolute Gasteiger partial charge is 0.411 e. The fourth-order valence-electron chi connectivity index (χ4n) is 1.67. The van der Waals surface area contributed by atoms with Crippen molar-refractivity contribution < 1.29 is 8.78 Å². The van der Waals surface area contributed by atoms with Gasteiger partial charge in [0.15, 0.2) is 5.01 Å². The standard InChI is InChI=1S/C14H8ClF2N3S/c15-9-5-7-10(8-6-9)19-20-14(16,17)13-18-11-3-1-2-4-12(11)21-13/h1-8H. The molecule has 0 radical (unpaired) electrons. The Morgan fingerprint density at radius 3 is 2.48 bits per heavy atom. The van der Waals surface area contributed by atoms with Gasteiger partial charge in [-0.3, -0.25) is 0 Å². The van der Waals surface area contributed by atoms with E-state index in [1.54, 1.807) is 36.4 Å². The van der Waals surface area contributed by atoms with Crippen LogP contribution in [0.25, 0.3) is 10.2 Å². The average molecular weight is 324 g/mol. The molecule has 3 aromatic rings. The predicted molar refractivity (Wildman–Crippen MR) is 79.5 cm³/mol. The Balaban J connectivity index is 1.90. The molecule has 21 heavy (non-hydrogen) atoms. The summed E-state index contributed by atoms with van der Waals surface area (Å²) in [4.78, 5) is 3.90. The van der Waals surface area contributed by atoms with Crippen LogP contribution in [0.4, 0.5) is 14.5 Å². The molecule has 1 aromatic heterocycles. The van der Waals surface area contributed by atoms with Crippen LogP contribution >= 0.6 is 22.9 Å². The Labute approximate surface area is 127 Å². The zero-order valence-corrected chi connectivity index (χ0v) is 12.1. The van der Waals surface area contributed by atoms with Gasteiger partial charge in [0.2, 0.25) is 0 Å². The lowest BCUT2D eigenvalue weighted by Gasteiger charge is -2.04. The van der Waals surface area contributed by atoms with Crippen molar-refractivity contribution in [2.75, 3.05) is 0 Å². The number of benzene rings is 2. The zero-order chi connectivity index (χ0) is 14.9. The summed E-state index contributed by atoms with van der Waals surface area (Å²) in [5, 5.41) is 6.80. The van der Waals surface area contributed by atoms with Crippen molar-refractivity contribution in [1.29, 1.82) is 0 Å². The first-order valence-corrected chi connectivity index (χ1v) is 7.16. The van der Waals surface area contributed by atoms with Crippen LogP contribution in [0.3, 0.4) is 0 Å². The molecule has 0 fully saturated rings. The Morgan fingerprint density at radius 1 is 1.05 bits per heavy atom. The van der Waals surface area contributed by atoms with Gasteiger partial charge >= 0.3 is 6.05 Å². The molecular formula is C14H8ClF2N3S. The average Bonchev–Trinajstić information content (AvgIpc) is 2.91. The van der Waals surface area contributed by atoms with E-state index in [1.807, 2.05) is 0 Å². The summed E-state index contributed by atoms with van der Waals surface area (Å²) >= 11 is 6.62. The minimum Gasteiger partial charge on any atom is -0.233 e. The minimum atomic E-state index is -3.46. The van der Waals surface area contributed by atoms with Crippen LogP contribution in [0.5, 0.6) is 0 Å². The lowest BCUT2D eigenvalue weighted by molar-refractivity contribution is -0.00159. The molecule has 0 atom stereocenters. The molecule has 0 saturated heterocycles. The first kappa shape index (κ1) is 14.0. The van der Waals surface area contributed by atoms with Gasteiger partial charge in [0, 0.05) is 5.02 Å². The summed E-state index contributed by atoms with van der Waals surface area (Å²) in [6.45, 7) is 0. The van der Waals surface area contributed by atoms with Crippen molar-refractivity contribution in [1.82, 2.24) is 4.98 Å². The third-order valence-corrected chi connectivity index (χ3v) is 4.02. The quantitative estimate of drug-likeness (QED) is 0.444. The topological polar surface area (TPSA) is 37.6 Å². The highest BCUT2D eigenvalue weighted by Crippen LogP contribution is 2.36. The lowest BCUT2D eigenvalue weighted by atomic mass is 10.3. The SMILES string of the molecule is FC(F)(N=Nc1ccc(Cl)cc1)c1nc2ccccc2s1. The van der Waals surface area contributed by atoms with E-state index in [-0.39, 0.29) is 5.01 Å². The Kier molecular flexibility index (Phi) is 3.65. The van der Waals surface area contributed by atoms with Crippen LogP contribution in [0.2, 0.25) is 5.02 Å². The number of fused-ring (bicyclic) bond motifs is 1. The number of aromatic nitrogens is 1. The normalized spacial score (nSPS) is 12.3. The fraction of sp³-hybridized carbons (Fsp3) is 0.0714. The van der Waals surface area contributed by atoms with Crippen LogP contribution in [0.1, 0.15) is 5.01 Å². The minimum absolute atomic E-state index is 0.306. The van der Waals surface area contributed by atoms with Crippen molar-refractivity contribution in [2.45, 2.75) is 6.05 Å². The summed E-state index contributed by atoms with van der Waals surface area (Å²) in [5.41, 5.74) is 0.832. The van der Waals surface area contributed by atoms with Crippen molar-refractivity contribution in [3.8, 4) is 0 Å². The molecule has 0 aliphatic carbocycles. The monoisotopic (exact) mass is 323 g/mol. The van der Waals surface area contributed by atoms with Crippen LogP contribution in [0.15, 0.2) is 58.8 Å². The molecule has 0 saturated carbocycles. The van der Waals surface area contributed by atoms with E-state index in [0.717, 1.165) is 11.3 Å². The molecule has 1 heterocycles. The van der Waals surface area contributed by atoms with E-state index in [2.05, 4.69) is 15.2 Å². The number of thiazole rings is 1. The molecule has 7 heteroatoms. The van der Waals surface area contributed by atoms with Crippen molar-refractivity contribution in [3.63, 3.8) is 0 Å². The van der Waals surface area contributed by atoms with E-state index >= 15 is 0 Å². The first-order valence-electron chi connectivity index (χ1n) is 5.97. The third kappa shape index (κ3) is 3.06. The van der Waals surface area contributed by atoms with Crippen LogP contribution < -0.4 is 0 Å². The van der Waals surface area contributed by atoms with Gasteiger partial charge in [-0.2, -0.15) is 8.78 Å². The van der Waals surface area contributed by atoms with Gasteiger partial charge < -0.3 is 0 Å². The highest BCUT2D eigenvalue weighted by Gasteiger charge is 2.35. The van der Waals surface area contributed by atoms with E-state index in [4.69, 9.17) is 11.6 Å². The highest BCUT2D eigenvalue weighted by molar-refractivity contribution is 7.18. The van der Waals surface area contributed by atoms with Crippen LogP contribution in [-0.2, 0) is 6.05 Å². The number of halogens is 3. The number of hydrogen-bond donors (Lipinski definition) is 0. The maximum atomic E-state index is 14.0. The Morgan fingerprint density at radius 2 is 1.76 bits per heavy atom. The summed E-state index contributed by atoms with van der Waals surface area (Å²) in [5.74, 6) is 0. The summed E-state index contributed by atoms with van der Waals surface area (Å²) in [7, 11) is 0. The fourth-order valence-corrected chi connectivity index (χ4v) is 2.68. The third-order valence-electron chi connectivity index (χ3n) is 2.67. The van der Waals surface area contributed by atoms with Gasteiger partial charge in [0.05, 0.1) is 15.9 Å². The summed E-state index contributed by atoms with van der Waals surface area (Å²) < 4.78 is 28.7. The molecule has 3 nitrogen and oxygen atoms in total. The molecule has 3 rings (SSSR count). The van der Waals surface area contributed by atoms with Crippen LogP contribution in [-0.4, -0.2) is 4.98 Å². The van der Waals surface area contributed by atoms with E-state index in [9.17, 15) is 8.78 Å². The second-order valence-corrected chi connectivity index (χ2v) is 5.67. The second-order valence-electron chi connectivity index (χ2n) is 4.20. The maximum absolute atomic E-state index is 14.0. The molecule has 0 aliphatic heterocycles. The number of hydrogen-bond acceptors (Lipinski definition) is 4. The smallest absolute Gasteiger partial charge is 0.233 e. The molecule has 0 bridgehead atoms. The Bertz CT molecular complexity index is 766. The number of nitrogens with zero attached hydrogens (tertiary/aromatic N) is 3. The van der Waals surface area contributed by atoms with Crippen LogP contribution in [0, 0.1) is 0 Å². The molecular weight excluding hydrogens is 316 g/mol. The van der Waals surface area contributed by atoms with Crippen molar-refractivity contribution in [2.24, 2.45) is 10.2 Å². The lowest BCUT2D eigenvalue weighted by Crippen LogP contribution is -2.07. The van der Waals surface area contributed by atoms with E-state index < -0.39 is 6.05 Å². The van der Waals surface area contributed by atoms with E-state index in [0.29, 0.717) is 20.9 Å². The van der Waals surface area contributed by atoms with Gasteiger partial charge in [-0.05, 0) is 36.4 Å². The first-order chi connectivity index (χ1) is 10.0. The van der Waals surface area contributed by atoms with Crippen molar-refractivity contribution in [3.05, 3.63) is 58.6 Å². The number of rotatable bonds is 3. The van der Waals surface area contributed by atoms with Gasteiger partial charge in [-0.1, -0.05) is 23.7 Å². The van der Waals surface area contributed by atoms with Gasteiger partial charge in [-0.15, -0.1) is 21.6 Å². The van der Waals surface area contributed by atoms with Crippen molar-refractivity contribution >= 4 is 38.8 Å². The van der Waals surface area contributed by atoms with Gasteiger partial charge in [0.25, 0.3) is 0 Å². The molecule has 2 aromatic carbocycles. The molecule has 0 amide bonds. The number of azo groups is 1. The molecule has 0 N–H and O–H groups in total. The zero-order valence-electron chi connectivity index (χ0n) is 10.5. The predicted octanol–water partition coefficient (Wildman–Crippen LogP) is 5.78. The summed E-state index contributed by atoms with van der Waals surface area (Å²) in [6, 6.07) is 9.64. The Hall–Kier alpha value is -1.92. The molecule has 0 unspecified atom stereocenters. The molecule has 0 aliphatic rings. The second kappa shape index (κ2) is 5.46. The molecule has 106 valence electrons. The highest BCUT2D eigenvalue weighted by atomic mass is 35.5. The molecule has 0 spiro atoms. The summed E-state index contributed by atoms with van der Waals surface area (Å²) in [6.07, 6.45) is 0.